The lowest BCUT2D eigenvalue weighted by Crippen LogP contribution is -2.38. The first kappa shape index (κ1) is 20.2. The summed E-state index contributed by atoms with van der Waals surface area (Å²) in [7, 11) is 0. The molecule has 0 aliphatic carbocycles. The van der Waals surface area contributed by atoms with Crippen LogP contribution >= 0.6 is 11.3 Å². The number of halogens is 1. The minimum absolute atomic E-state index is 0.0491. The van der Waals surface area contributed by atoms with Crippen molar-refractivity contribution in [1.82, 2.24) is 19.4 Å². The summed E-state index contributed by atoms with van der Waals surface area (Å²) in [5, 5.41) is 2.38. The third-order valence-corrected chi connectivity index (χ3v) is 6.08. The van der Waals surface area contributed by atoms with Crippen LogP contribution in [0.25, 0.3) is 10.2 Å². The van der Waals surface area contributed by atoms with Gasteiger partial charge in [0.05, 0.1) is 17.3 Å². The van der Waals surface area contributed by atoms with Crippen molar-refractivity contribution in [3.8, 4) is 0 Å². The fourth-order valence-corrected chi connectivity index (χ4v) is 4.33. The number of carbonyl (C=O) groups excluding carboxylic acids is 2. The van der Waals surface area contributed by atoms with E-state index in [1.165, 1.54) is 34.4 Å². The normalized spacial score (nSPS) is 14.7. The second kappa shape index (κ2) is 8.74. The van der Waals surface area contributed by atoms with Crippen LogP contribution in [0.1, 0.15) is 23.2 Å². The van der Waals surface area contributed by atoms with Crippen LogP contribution in [0.5, 0.6) is 0 Å². The molecule has 4 rings (SSSR count). The van der Waals surface area contributed by atoms with Gasteiger partial charge in [0.2, 0.25) is 5.91 Å². The van der Waals surface area contributed by atoms with E-state index in [4.69, 9.17) is 0 Å². The summed E-state index contributed by atoms with van der Waals surface area (Å²) >= 11 is 1.41. The molecule has 30 heavy (non-hydrogen) atoms. The zero-order valence-electron chi connectivity index (χ0n) is 16.3. The largest absolute Gasteiger partial charge is 0.341 e. The molecule has 7 nitrogen and oxygen atoms in total. The van der Waals surface area contributed by atoms with E-state index >= 15 is 0 Å². The molecule has 9 heteroatoms. The fourth-order valence-electron chi connectivity index (χ4n) is 3.60. The molecule has 2 amide bonds. The van der Waals surface area contributed by atoms with Crippen molar-refractivity contribution < 1.29 is 14.0 Å². The Kier molecular flexibility index (Phi) is 5.89. The topological polar surface area (TPSA) is 75.5 Å². The third kappa shape index (κ3) is 4.11. The average Bonchev–Trinajstić information content (AvgIpc) is 3.10. The molecule has 3 aromatic rings. The van der Waals surface area contributed by atoms with E-state index in [9.17, 15) is 18.8 Å². The Bertz CT molecular complexity index is 1140. The van der Waals surface area contributed by atoms with Crippen molar-refractivity contribution in [2.24, 2.45) is 0 Å². The van der Waals surface area contributed by atoms with Crippen LogP contribution in [-0.4, -0.2) is 57.3 Å². The van der Waals surface area contributed by atoms with Gasteiger partial charge in [0, 0.05) is 39.1 Å². The number of fused-ring (bicyclic) bond motifs is 1. The van der Waals surface area contributed by atoms with Crippen LogP contribution in [-0.2, 0) is 11.3 Å². The van der Waals surface area contributed by atoms with E-state index in [-0.39, 0.29) is 35.9 Å². The Morgan fingerprint density at radius 1 is 1.07 bits per heavy atom. The smallest absolute Gasteiger partial charge is 0.262 e. The zero-order valence-corrected chi connectivity index (χ0v) is 17.1. The van der Waals surface area contributed by atoms with E-state index in [1.54, 1.807) is 28.0 Å². The highest BCUT2D eigenvalue weighted by Crippen LogP contribution is 2.15. The first-order chi connectivity index (χ1) is 14.5. The maximum atomic E-state index is 13.9. The van der Waals surface area contributed by atoms with Crippen molar-refractivity contribution in [3.05, 3.63) is 63.8 Å². The van der Waals surface area contributed by atoms with Gasteiger partial charge in [0.25, 0.3) is 11.5 Å². The summed E-state index contributed by atoms with van der Waals surface area (Å²) in [5.74, 6) is -0.974. The van der Waals surface area contributed by atoms with E-state index in [0.29, 0.717) is 42.8 Å². The Morgan fingerprint density at radius 3 is 2.67 bits per heavy atom. The summed E-state index contributed by atoms with van der Waals surface area (Å²) < 4.78 is 15.4. The molecule has 1 saturated heterocycles. The molecule has 1 aliphatic rings. The number of aryl methyl sites for hydroxylation is 1. The maximum Gasteiger partial charge on any atom is 0.262 e. The molecule has 2 aromatic heterocycles. The molecule has 156 valence electrons. The van der Waals surface area contributed by atoms with Crippen LogP contribution in [0.3, 0.4) is 0 Å². The van der Waals surface area contributed by atoms with Crippen LogP contribution in [0.15, 0.2) is 46.8 Å². The minimum atomic E-state index is -0.540. The first-order valence-corrected chi connectivity index (χ1v) is 10.7. The monoisotopic (exact) mass is 428 g/mol. The Hall–Kier alpha value is -3.07. The molecule has 0 atom stereocenters. The highest BCUT2D eigenvalue weighted by Gasteiger charge is 2.24. The van der Waals surface area contributed by atoms with Crippen LogP contribution in [0, 0.1) is 5.82 Å². The molecule has 3 heterocycles. The van der Waals surface area contributed by atoms with Gasteiger partial charge in [-0.05, 0) is 30.0 Å². The highest BCUT2D eigenvalue weighted by atomic mass is 32.1. The van der Waals surface area contributed by atoms with E-state index < -0.39 is 5.82 Å². The summed E-state index contributed by atoms with van der Waals surface area (Å²) in [4.78, 5) is 46.0. The molecular weight excluding hydrogens is 407 g/mol. The van der Waals surface area contributed by atoms with E-state index in [1.807, 2.05) is 5.38 Å². The van der Waals surface area contributed by atoms with Crippen molar-refractivity contribution in [2.75, 3.05) is 26.2 Å². The van der Waals surface area contributed by atoms with Gasteiger partial charge >= 0.3 is 0 Å². The fraction of sp³-hybridized carbons (Fsp3) is 0.333. The predicted octanol–water partition coefficient (Wildman–Crippen LogP) is 2.36. The van der Waals surface area contributed by atoms with Crippen molar-refractivity contribution >= 4 is 33.4 Å². The number of amides is 2. The predicted molar refractivity (Wildman–Crippen MR) is 112 cm³/mol. The highest BCUT2D eigenvalue weighted by molar-refractivity contribution is 7.16. The second-order valence-electron chi connectivity index (χ2n) is 7.14. The second-order valence-corrected chi connectivity index (χ2v) is 8.03. The Balaban J connectivity index is 1.36. The molecule has 1 aliphatic heterocycles. The number of carbonyl (C=O) groups is 2. The quantitative estimate of drug-likeness (QED) is 0.639. The number of nitrogens with zero attached hydrogens (tertiary/aromatic N) is 4. The van der Waals surface area contributed by atoms with Gasteiger partial charge in [0.15, 0.2) is 0 Å². The molecule has 0 spiro atoms. The van der Waals surface area contributed by atoms with Crippen LogP contribution < -0.4 is 5.56 Å². The zero-order chi connectivity index (χ0) is 21.1. The maximum absolute atomic E-state index is 13.9. The number of thiophene rings is 1. The molecule has 0 saturated carbocycles. The summed E-state index contributed by atoms with van der Waals surface area (Å²) in [6, 6.07) is 7.66. The SMILES string of the molecule is O=C(CCn1cnc2sccc2c1=O)N1CCCN(C(=O)c2ccccc2F)CC1. The molecule has 0 bridgehead atoms. The first-order valence-electron chi connectivity index (χ1n) is 9.79. The molecule has 1 fully saturated rings. The lowest BCUT2D eigenvalue weighted by molar-refractivity contribution is -0.131. The number of benzene rings is 1. The van der Waals surface area contributed by atoms with E-state index in [2.05, 4.69) is 4.98 Å². The van der Waals surface area contributed by atoms with Crippen molar-refractivity contribution in [1.29, 1.82) is 0 Å². The third-order valence-electron chi connectivity index (χ3n) is 5.26. The summed E-state index contributed by atoms with van der Waals surface area (Å²) in [6.07, 6.45) is 2.28. The lowest BCUT2D eigenvalue weighted by Gasteiger charge is -2.22. The molecule has 0 unspecified atom stereocenters. The number of hydrogen-bond acceptors (Lipinski definition) is 5. The summed E-state index contributed by atoms with van der Waals surface area (Å²) in [5.41, 5.74) is -0.0976. The molecule has 0 N–H and O–H groups in total. The molecular formula is C21H21FN4O3S. The van der Waals surface area contributed by atoms with Gasteiger partial charge in [-0.3, -0.25) is 19.0 Å². The number of rotatable bonds is 4. The van der Waals surface area contributed by atoms with Gasteiger partial charge in [-0.2, -0.15) is 0 Å². The van der Waals surface area contributed by atoms with Gasteiger partial charge in [-0.15, -0.1) is 11.3 Å². The van der Waals surface area contributed by atoms with Gasteiger partial charge in [0.1, 0.15) is 10.6 Å². The van der Waals surface area contributed by atoms with Gasteiger partial charge in [-0.1, -0.05) is 12.1 Å². The average molecular weight is 428 g/mol. The van der Waals surface area contributed by atoms with Crippen molar-refractivity contribution in [2.45, 2.75) is 19.4 Å². The Morgan fingerprint density at radius 2 is 1.83 bits per heavy atom. The van der Waals surface area contributed by atoms with E-state index in [0.717, 1.165) is 0 Å². The summed E-state index contributed by atoms with van der Waals surface area (Å²) in [6.45, 7) is 1.98. The van der Waals surface area contributed by atoms with Crippen LogP contribution in [0.4, 0.5) is 4.39 Å². The van der Waals surface area contributed by atoms with Crippen LogP contribution in [0.2, 0.25) is 0 Å². The Labute approximate surface area is 176 Å². The molecule has 1 aromatic carbocycles. The van der Waals surface area contributed by atoms with Gasteiger partial charge in [-0.25, -0.2) is 9.37 Å². The minimum Gasteiger partial charge on any atom is -0.341 e. The van der Waals surface area contributed by atoms with Gasteiger partial charge < -0.3 is 9.80 Å². The van der Waals surface area contributed by atoms with Crippen molar-refractivity contribution in [3.63, 3.8) is 0 Å². The number of hydrogen-bond donors (Lipinski definition) is 0. The lowest BCUT2D eigenvalue weighted by atomic mass is 10.2. The number of aromatic nitrogens is 2. The molecule has 0 radical (unpaired) electrons. The standard InChI is InChI=1S/C21H21FN4O3S/c22-17-5-2-1-4-15(17)20(28)25-9-3-8-24(11-12-25)18(27)6-10-26-14-23-19-16(21(26)29)7-13-30-19/h1-2,4-5,7,13-14H,3,6,8-12H2.